The number of nitriles is 1. The van der Waals surface area contributed by atoms with Gasteiger partial charge in [-0.25, -0.2) is 4.98 Å². The maximum absolute atomic E-state index is 13.3. The highest BCUT2D eigenvalue weighted by atomic mass is 79.9. The highest BCUT2D eigenvalue weighted by Crippen LogP contribution is 2.29. The molecule has 0 fully saturated rings. The van der Waals surface area contributed by atoms with Gasteiger partial charge in [-0.1, -0.05) is 47.5 Å². The van der Waals surface area contributed by atoms with Gasteiger partial charge in [0, 0.05) is 16.5 Å². The van der Waals surface area contributed by atoms with Crippen LogP contribution in [-0.2, 0) is 13.0 Å². The lowest BCUT2D eigenvalue weighted by atomic mass is 10.1. The van der Waals surface area contributed by atoms with Gasteiger partial charge < -0.3 is 9.47 Å². The van der Waals surface area contributed by atoms with Crippen molar-refractivity contribution in [2.75, 3.05) is 6.61 Å². The van der Waals surface area contributed by atoms with Crippen molar-refractivity contribution in [1.82, 2.24) is 9.66 Å². The summed E-state index contributed by atoms with van der Waals surface area (Å²) in [6.07, 6.45) is 4.16. The zero-order valence-corrected chi connectivity index (χ0v) is 22.4. The molecule has 0 spiro atoms. The molecule has 0 atom stereocenters. The second-order valence-corrected chi connectivity index (χ2v) is 9.27. The lowest BCUT2D eigenvalue weighted by Gasteiger charge is -2.13. The molecule has 4 aromatic rings. The number of ether oxygens (including phenoxy) is 2. The fourth-order valence-electron chi connectivity index (χ4n) is 3.84. The van der Waals surface area contributed by atoms with Gasteiger partial charge in [0.1, 0.15) is 12.4 Å². The number of aryl methyl sites for hydroxylation is 1. The molecule has 1 heterocycles. The standard InChI is InChI=1S/C29H27BrN4O3/c1-3-5-10-28-33-25-13-12-23(30)16-24(25)29(35)34(28)32-18-20-11-14-26(27(15-20)36-4-2)37-19-22-9-7-6-8-21(22)17-31/h6-9,11-16,18H,3-5,10,19H2,1-2H3. The Morgan fingerprint density at radius 1 is 1.08 bits per heavy atom. The number of benzene rings is 3. The van der Waals surface area contributed by atoms with E-state index < -0.39 is 0 Å². The van der Waals surface area contributed by atoms with E-state index in [4.69, 9.17) is 14.5 Å². The topological polar surface area (TPSA) is 89.5 Å². The van der Waals surface area contributed by atoms with E-state index in [1.54, 1.807) is 24.4 Å². The molecule has 0 radical (unpaired) electrons. The first-order valence-electron chi connectivity index (χ1n) is 12.2. The van der Waals surface area contributed by atoms with Crippen LogP contribution in [0.2, 0.25) is 0 Å². The molecule has 188 valence electrons. The molecule has 0 amide bonds. The monoisotopic (exact) mass is 558 g/mol. The molecule has 4 rings (SSSR count). The van der Waals surface area contributed by atoms with E-state index in [1.807, 2.05) is 49.4 Å². The molecule has 1 aromatic heterocycles. The Kier molecular flexibility index (Phi) is 8.70. The number of nitrogens with zero attached hydrogens (tertiary/aromatic N) is 4. The SMILES string of the molecule is CCCCc1nc2ccc(Br)cc2c(=O)n1N=Cc1ccc(OCc2ccccc2C#N)c(OCC)c1. The molecule has 8 heteroatoms. The van der Waals surface area contributed by atoms with Crippen molar-refractivity contribution in [3.63, 3.8) is 0 Å². The first-order chi connectivity index (χ1) is 18.0. The van der Waals surface area contributed by atoms with Gasteiger partial charge in [0.25, 0.3) is 5.56 Å². The van der Waals surface area contributed by atoms with Crippen LogP contribution in [0.1, 0.15) is 49.2 Å². The summed E-state index contributed by atoms with van der Waals surface area (Å²) < 4.78 is 14.0. The van der Waals surface area contributed by atoms with Crippen molar-refractivity contribution in [3.8, 4) is 17.6 Å². The highest BCUT2D eigenvalue weighted by molar-refractivity contribution is 9.10. The summed E-state index contributed by atoms with van der Waals surface area (Å²) in [5.41, 5.74) is 2.56. The third-order valence-electron chi connectivity index (χ3n) is 5.74. The Labute approximate surface area is 224 Å². The van der Waals surface area contributed by atoms with E-state index in [2.05, 4.69) is 34.0 Å². The van der Waals surface area contributed by atoms with Crippen LogP contribution in [0.15, 0.2) is 75.0 Å². The minimum absolute atomic E-state index is 0.213. The molecule has 0 bridgehead atoms. The largest absolute Gasteiger partial charge is 0.490 e. The maximum Gasteiger partial charge on any atom is 0.282 e. The third kappa shape index (κ3) is 6.25. The molecule has 0 aliphatic carbocycles. The number of rotatable bonds is 10. The van der Waals surface area contributed by atoms with E-state index in [9.17, 15) is 10.1 Å². The molecule has 0 aliphatic rings. The van der Waals surface area contributed by atoms with Gasteiger partial charge in [0.05, 0.1) is 35.4 Å². The second kappa shape index (κ2) is 12.3. The van der Waals surface area contributed by atoms with Crippen molar-refractivity contribution >= 4 is 33.0 Å². The zero-order chi connectivity index (χ0) is 26.2. The fraction of sp³-hybridized carbons (Fsp3) is 0.241. The van der Waals surface area contributed by atoms with Crippen LogP contribution in [0.25, 0.3) is 10.9 Å². The summed E-state index contributed by atoms with van der Waals surface area (Å²) in [4.78, 5) is 18.0. The van der Waals surface area contributed by atoms with E-state index in [-0.39, 0.29) is 12.2 Å². The quantitative estimate of drug-likeness (QED) is 0.215. The molecule has 0 saturated carbocycles. The van der Waals surface area contributed by atoms with Crippen molar-refractivity contribution in [1.29, 1.82) is 5.26 Å². The van der Waals surface area contributed by atoms with Crippen LogP contribution < -0.4 is 15.0 Å². The van der Waals surface area contributed by atoms with Gasteiger partial charge >= 0.3 is 0 Å². The van der Waals surface area contributed by atoms with Crippen molar-refractivity contribution in [2.24, 2.45) is 5.10 Å². The van der Waals surface area contributed by atoms with E-state index >= 15 is 0 Å². The smallest absolute Gasteiger partial charge is 0.282 e. The zero-order valence-electron chi connectivity index (χ0n) is 20.8. The molecule has 7 nitrogen and oxygen atoms in total. The summed E-state index contributed by atoms with van der Waals surface area (Å²) >= 11 is 3.44. The molecule has 0 aliphatic heterocycles. The lowest BCUT2D eigenvalue weighted by molar-refractivity contribution is 0.269. The average Bonchev–Trinajstić information content (AvgIpc) is 2.91. The molecule has 37 heavy (non-hydrogen) atoms. The number of hydrogen-bond acceptors (Lipinski definition) is 6. The first kappa shape index (κ1) is 26.1. The van der Waals surface area contributed by atoms with E-state index in [1.165, 1.54) is 4.68 Å². The molecular weight excluding hydrogens is 532 g/mol. The summed E-state index contributed by atoms with van der Waals surface area (Å²) in [6, 6.07) is 20.5. The normalized spacial score (nSPS) is 11.1. The molecule has 0 N–H and O–H groups in total. The fourth-order valence-corrected chi connectivity index (χ4v) is 4.20. The number of halogens is 1. The van der Waals surface area contributed by atoms with Crippen LogP contribution >= 0.6 is 15.9 Å². The summed E-state index contributed by atoms with van der Waals surface area (Å²) in [5.74, 6) is 1.74. The summed E-state index contributed by atoms with van der Waals surface area (Å²) in [7, 11) is 0. The van der Waals surface area contributed by atoms with Gasteiger partial charge in [-0.15, -0.1) is 0 Å². The first-order valence-corrected chi connectivity index (χ1v) is 13.0. The van der Waals surface area contributed by atoms with Crippen molar-refractivity contribution in [3.05, 3.63) is 98.0 Å². The van der Waals surface area contributed by atoms with Gasteiger partial charge in [-0.2, -0.15) is 15.0 Å². The van der Waals surface area contributed by atoms with Crippen molar-refractivity contribution in [2.45, 2.75) is 39.7 Å². The van der Waals surface area contributed by atoms with Crippen LogP contribution in [-0.4, -0.2) is 22.5 Å². The molecular formula is C29H27BrN4O3. The maximum atomic E-state index is 13.3. The van der Waals surface area contributed by atoms with Gasteiger partial charge in [0.2, 0.25) is 0 Å². The molecule has 0 unspecified atom stereocenters. The van der Waals surface area contributed by atoms with Crippen molar-refractivity contribution < 1.29 is 9.47 Å². The Morgan fingerprint density at radius 3 is 2.70 bits per heavy atom. The Morgan fingerprint density at radius 2 is 1.92 bits per heavy atom. The van der Waals surface area contributed by atoms with E-state index in [0.29, 0.717) is 46.8 Å². The number of hydrogen-bond donors (Lipinski definition) is 0. The van der Waals surface area contributed by atoms with Crippen LogP contribution in [0, 0.1) is 11.3 Å². The second-order valence-electron chi connectivity index (χ2n) is 8.35. The van der Waals surface area contributed by atoms with Crippen LogP contribution in [0.4, 0.5) is 0 Å². The number of aromatic nitrogens is 2. The average molecular weight is 559 g/mol. The number of fused-ring (bicyclic) bond motifs is 1. The molecule has 3 aromatic carbocycles. The predicted octanol–water partition coefficient (Wildman–Crippen LogP) is 6.23. The highest BCUT2D eigenvalue weighted by Gasteiger charge is 2.12. The molecule has 0 saturated heterocycles. The minimum atomic E-state index is -0.213. The minimum Gasteiger partial charge on any atom is -0.490 e. The van der Waals surface area contributed by atoms with Crippen LogP contribution in [0.3, 0.4) is 0 Å². The van der Waals surface area contributed by atoms with Gasteiger partial charge in [-0.05, 0) is 61.4 Å². The van der Waals surface area contributed by atoms with E-state index in [0.717, 1.165) is 28.4 Å². The van der Waals surface area contributed by atoms with Crippen LogP contribution in [0.5, 0.6) is 11.5 Å². The Bertz CT molecular complexity index is 1540. The van der Waals surface area contributed by atoms with Gasteiger partial charge in [-0.3, -0.25) is 4.79 Å². The van der Waals surface area contributed by atoms with Gasteiger partial charge in [0.15, 0.2) is 11.5 Å². The third-order valence-corrected chi connectivity index (χ3v) is 6.23. The number of unbranched alkanes of at least 4 members (excludes halogenated alkanes) is 1. The predicted molar refractivity (Wildman–Crippen MR) is 148 cm³/mol. The lowest BCUT2D eigenvalue weighted by Crippen LogP contribution is -2.22. The Hall–Kier alpha value is -3.96. The Balaban J connectivity index is 1.65. The summed E-state index contributed by atoms with van der Waals surface area (Å²) in [6.45, 7) is 4.69. The summed E-state index contributed by atoms with van der Waals surface area (Å²) in [5, 5.41) is 14.4.